The molecule has 0 saturated carbocycles. The van der Waals surface area contributed by atoms with Crippen molar-refractivity contribution in [1.82, 2.24) is 0 Å². The minimum Gasteiger partial charge on any atom is -0.320 e. The first kappa shape index (κ1) is 32.1. The van der Waals surface area contributed by atoms with E-state index in [2.05, 4.69) is 167 Å². The SMILES string of the molecule is CC(C)(C)c1cc[cH-]c1.[Cl][Zr][Cl].c1ccc(C[CH-]Cc2ccccc2)cc1.c1ccc2c(c1)[cH-]c1ccccc12. The molecule has 3 heteroatoms. The van der Waals surface area contributed by atoms with Gasteiger partial charge in [-0.2, -0.15) is 36.6 Å². The van der Waals surface area contributed by atoms with Gasteiger partial charge in [0.2, 0.25) is 0 Å². The van der Waals surface area contributed by atoms with Crippen LogP contribution in [0.3, 0.4) is 0 Å². The average molecular weight is 644 g/mol. The van der Waals surface area contributed by atoms with E-state index in [4.69, 9.17) is 17.0 Å². The minimum atomic E-state index is -0.826. The summed E-state index contributed by atoms with van der Waals surface area (Å²) in [4.78, 5) is 0. The van der Waals surface area contributed by atoms with Crippen LogP contribution in [0.1, 0.15) is 37.5 Å². The Labute approximate surface area is 259 Å². The van der Waals surface area contributed by atoms with E-state index in [1.807, 2.05) is 0 Å². The third kappa shape index (κ3) is 10.9. The fourth-order valence-electron chi connectivity index (χ4n) is 4.41. The standard InChI is InChI=1S/C15H15.C13H9.C9H13.2ClH.Zr/c1-3-8-14(9-4-1)12-7-13-15-10-5-2-6-11-15;1-3-7-12-10(5-1)9-11-6-2-4-8-13(11)12;1-9(2,3)8-6-4-5-7-8;;;/h1-11H,12-13H2;1-9H;4-7H,1-3H3;2*1H;/q3*-1;;;+2/p-2. The second kappa shape index (κ2) is 17.4. The molecule has 0 amide bonds. The third-order valence-electron chi connectivity index (χ3n) is 6.50. The summed E-state index contributed by atoms with van der Waals surface area (Å²) in [5, 5.41) is 5.39. The van der Waals surface area contributed by atoms with Crippen LogP contribution in [-0.4, -0.2) is 0 Å². The summed E-state index contributed by atoms with van der Waals surface area (Å²) in [5.74, 6) is 0. The molecule has 0 bridgehead atoms. The Balaban J connectivity index is 0.000000162. The number of halogens is 2. The van der Waals surface area contributed by atoms with Crippen LogP contribution in [0, 0.1) is 6.42 Å². The van der Waals surface area contributed by atoms with Gasteiger partial charge in [-0.1, -0.05) is 134 Å². The van der Waals surface area contributed by atoms with Crippen molar-refractivity contribution in [3.8, 4) is 0 Å². The van der Waals surface area contributed by atoms with Gasteiger partial charge in [-0.3, -0.25) is 0 Å². The van der Waals surface area contributed by atoms with Gasteiger partial charge in [-0.25, -0.2) is 6.07 Å². The molecule has 6 aromatic rings. The maximum Gasteiger partial charge on any atom is -0.0616 e. The predicted octanol–water partition coefficient (Wildman–Crippen LogP) is 11.5. The van der Waals surface area contributed by atoms with E-state index < -0.39 is 20.8 Å². The first-order valence-corrected chi connectivity index (χ1v) is 19.9. The molecule has 0 radical (unpaired) electrons. The quantitative estimate of drug-likeness (QED) is 0.168. The molecule has 206 valence electrons. The van der Waals surface area contributed by atoms with Crippen LogP contribution in [0.5, 0.6) is 0 Å². The fourth-order valence-corrected chi connectivity index (χ4v) is 4.41. The average Bonchev–Trinajstić information content (AvgIpc) is 3.65. The maximum absolute atomic E-state index is 4.93. The minimum absolute atomic E-state index is 0.323. The summed E-state index contributed by atoms with van der Waals surface area (Å²) in [6.45, 7) is 6.67. The number of rotatable bonds is 4. The van der Waals surface area contributed by atoms with Crippen molar-refractivity contribution in [2.24, 2.45) is 0 Å². The summed E-state index contributed by atoms with van der Waals surface area (Å²) in [5.41, 5.74) is 4.51. The van der Waals surface area contributed by atoms with E-state index in [9.17, 15) is 0 Å². The largest absolute Gasteiger partial charge is 0.320 e. The molecule has 0 aliphatic carbocycles. The second-order valence-corrected chi connectivity index (χ2v) is 14.2. The Morgan fingerprint density at radius 2 is 1.05 bits per heavy atom. The van der Waals surface area contributed by atoms with Crippen LogP contribution in [0.2, 0.25) is 0 Å². The number of benzene rings is 4. The molecule has 0 N–H and O–H groups in total. The zero-order valence-corrected chi connectivity index (χ0v) is 27.5. The van der Waals surface area contributed by atoms with Crippen molar-refractivity contribution in [1.29, 1.82) is 0 Å². The monoisotopic (exact) mass is 641 g/mol. The van der Waals surface area contributed by atoms with Crippen LogP contribution >= 0.6 is 17.0 Å². The van der Waals surface area contributed by atoms with Crippen LogP contribution in [-0.2, 0) is 39.1 Å². The van der Waals surface area contributed by atoms with Gasteiger partial charge >= 0.3 is 37.9 Å². The molecule has 0 aliphatic heterocycles. The zero-order chi connectivity index (χ0) is 28.6. The first-order valence-electron chi connectivity index (χ1n) is 13.5. The first-order chi connectivity index (χ1) is 19.4. The topological polar surface area (TPSA) is 0 Å². The van der Waals surface area contributed by atoms with Gasteiger partial charge in [0.25, 0.3) is 0 Å². The van der Waals surface area contributed by atoms with Gasteiger partial charge in [0, 0.05) is 0 Å². The molecule has 0 saturated heterocycles. The van der Waals surface area contributed by atoms with E-state index in [1.165, 1.54) is 38.2 Å². The zero-order valence-electron chi connectivity index (χ0n) is 23.5. The van der Waals surface area contributed by atoms with Crippen LogP contribution in [0.15, 0.2) is 140 Å². The Hall–Kier alpha value is -2.44. The van der Waals surface area contributed by atoms with Crippen molar-refractivity contribution >= 4 is 38.6 Å². The van der Waals surface area contributed by atoms with Gasteiger partial charge in [-0.15, -0.1) is 39.7 Å². The van der Waals surface area contributed by atoms with Gasteiger partial charge < -0.3 is 6.42 Å². The van der Waals surface area contributed by atoms with Gasteiger partial charge in [0.1, 0.15) is 0 Å². The molecule has 6 aromatic carbocycles. The van der Waals surface area contributed by atoms with E-state index >= 15 is 0 Å². The van der Waals surface area contributed by atoms with Crippen LogP contribution in [0.4, 0.5) is 0 Å². The molecule has 0 spiro atoms. The fraction of sp³-hybridized carbons (Fsp3) is 0.162. The van der Waals surface area contributed by atoms with E-state index in [0.717, 1.165) is 12.8 Å². The summed E-state index contributed by atoms with van der Waals surface area (Å²) in [7, 11) is 9.87. The maximum atomic E-state index is 4.93. The molecular formula is C37H37Cl2Zr-3. The van der Waals surface area contributed by atoms with E-state index in [0.29, 0.717) is 5.41 Å². The Bertz CT molecular complexity index is 1390. The molecule has 0 unspecified atom stereocenters. The Kier molecular flexibility index (Phi) is 13.9. The number of hydrogen-bond donors (Lipinski definition) is 0. The summed E-state index contributed by atoms with van der Waals surface area (Å²) in [6.07, 6.45) is 4.43. The Morgan fingerprint density at radius 1 is 0.625 bits per heavy atom. The summed E-state index contributed by atoms with van der Waals surface area (Å²) >= 11 is -0.826. The molecule has 0 atom stereocenters. The number of fused-ring (bicyclic) bond motifs is 3. The van der Waals surface area contributed by atoms with Crippen molar-refractivity contribution in [3.05, 3.63) is 163 Å². The molecule has 0 heterocycles. The Morgan fingerprint density at radius 3 is 1.43 bits per heavy atom. The van der Waals surface area contributed by atoms with E-state index in [1.54, 1.807) is 0 Å². The smallest absolute Gasteiger partial charge is 0.0616 e. The van der Waals surface area contributed by atoms with Crippen molar-refractivity contribution in [2.45, 2.75) is 39.0 Å². The van der Waals surface area contributed by atoms with Crippen LogP contribution in [0.25, 0.3) is 21.5 Å². The van der Waals surface area contributed by atoms with Gasteiger partial charge in [-0.05, 0) is 0 Å². The normalized spacial score (nSPS) is 10.4. The van der Waals surface area contributed by atoms with Crippen molar-refractivity contribution in [3.63, 3.8) is 0 Å². The number of hydrogen-bond acceptors (Lipinski definition) is 0. The predicted molar refractivity (Wildman–Crippen MR) is 174 cm³/mol. The van der Waals surface area contributed by atoms with Crippen LogP contribution < -0.4 is 0 Å². The van der Waals surface area contributed by atoms with Gasteiger partial charge in [0.15, 0.2) is 0 Å². The van der Waals surface area contributed by atoms with E-state index in [-0.39, 0.29) is 0 Å². The summed E-state index contributed by atoms with van der Waals surface area (Å²) in [6, 6.07) is 48.9. The van der Waals surface area contributed by atoms with Gasteiger partial charge in [0.05, 0.1) is 0 Å². The molecule has 0 aliphatic rings. The van der Waals surface area contributed by atoms with Crippen molar-refractivity contribution in [2.75, 3.05) is 0 Å². The molecule has 6 rings (SSSR count). The third-order valence-corrected chi connectivity index (χ3v) is 6.50. The molecule has 0 nitrogen and oxygen atoms in total. The second-order valence-electron chi connectivity index (χ2n) is 10.5. The summed E-state index contributed by atoms with van der Waals surface area (Å²) < 4.78 is 0. The molecular weight excluding hydrogens is 607 g/mol. The molecule has 40 heavy (non-hydrogen) atoms. The molecule has 0 aromatic heterocycles. The van der Waals surface area contributed by atoms with Crippen molar-refractivity contribution < 1.29 is 20.8 Å². The molecule has 0 fully saturated rings.